The maximum atomic E-state index is 11.7. The van der Waals surface area contributed by atoms with Gasteiger partial charge in [-0.3, -0.25) is 4.90 Å². The number of aromatic nitrogens is 4. The fourth-order valence-electron chi connectivity index (χ4n) is 1.07. The molecule has 0 aliphatic heterocycles. The van der Waals surface area contributed by atoms with Crippen LogP contribution in [0.4, 0.5) is 4.79 Å². The van der Waals surface area contributed by atoms with Crippen LogP contribution in [0.3, 0.4) is 0 Å². The highest BCUT2D eigenvalue weighted by atomic mass is 16.6. The van der Waals surface area contributed by atoms with Crippen molar-refractivity contribution in [2.75, 3.05) is 7.05 Å². The van der Waals surface area contributed by atoms with Gasteiger partial charge in [-0.15, -0.1) is 10.2 Å². The zero-order valence-corrected chi connectivity index (χ0v) is 10.2. The van der Waals surface area contributed by atoms with Gasteiger partial charge >= 0.3 is 6.09 Å². The smallest absolute Gasteiger partial charge is 0.411 e. The standard InChI is InChI=1S/C9H15N5O3/c1-9(2,3)17-8(16)14(4)6(5-15)7-10-12-13-11-7/h5-6H,1-4H3,(H,10,11,12,13). The van der Waals surface area contributed by atoms with Gasteiger partial charge in [0.15, 0.2) is 12.3 Å². The molecule has 94 valence electrons. The van der Waals surface area contributed by atoms with Crippen LogP contribution in [-0.2, 0) is 9.53 Å². The largest absolute Gasteiger partial charge is 0.444 e. The van der Waals surface area contributed by atoms with Crippen molar-refractivity contribution in [1.29, 1.82) is 0 Å². The van der Waals surface area contributed by atoms with Gasteiger partial charge in [-0.1, -0.05) is 5.21 Å². The fraction of sp³-hybridized carbons (Fsp3) is 0.667. The molecule has 1 aromatic rings. The van der Waals surface area contributed by atoms with E-state index in [0.29, 0.717) is 6.29 Å². The Balaban J connectivity index is 2.77. The lowest BCUT2D eigenvalue weighted by Gasteiger charge is -2.26. The Morgan fingerprint density at radius 1 is 1.53 bits per heavy atom. The Morgan fingerprint density at radius 2 is 2.18 bits per heavy atom. The average Bonchev–Trinajstić information content (AvgIpc) is 2.69. The lowest BCUT2D eigenvalue weighted by molar-refractivity contribution is -0.112. The van der Waals surface area contributed by atoms with E-state index in [4.69, 9.17) is 4.74 Å². The van der Waals surface area contributed by atoms with Gasteiger partial charge in [0, 0.05) is 7.05 Å². The van der Waals surface area contributed by atoms with Gasteiger partial charge in [0.1, 0.15) is 5.60 Å². The number of carbonyl (C=O) groups excluding carboxylic acids is 2. The summed E-state index contributed by atoms with van der Waals surface area (Å²) in [6.07, 6.45) is -0.0752. The molecule has 1 aromatic heterocycles. The molecule has 1 rings (SSSR count). The van der Waals surface area contributed by atoms with Gasteiger partial charge in [-0.2, -0.15) is 5.21 Å². The molecule has 0 spiro atoms. The fourth-order valence-corrected chi connectivity index (χ4v) is 1.07. The van der Waals surface area contributed by atoms with Crippen molar-refractivity contribution < 1.29 is 14.3 Å². The van der Waals surface area contributed by atoms with Crippen LogP contribution in [0.25, 0.3) is 0 Å². The second-order valence-corrected chi connectivity index (χ2v) is 4.44. The number of hydrogen-bond donors (Lipinski definition) is 1. The molecule has 0 radical (unpaired) electrons. The number of likely N-dealkylation sites (N-methyl/N-ethyl adjacent to an activating group) is 1. The van der Waals surface area contributed by atoms with Crippen LogP contribution in [-0.4, -0.2) is 50.6 Å². The highest BCUT2D eigenvalue weighted by Crippen LogP contribution is 2.16. The van der Waals surface area contributed by atoms with E-state index in [1.54, 1.807) is 20.8 Å². The quantitative estimate of drug-likeness (QED) is 0.764. The van der Waals surface area contributed by atoms with Crippen LogP contribution in [0, 0.1) is 0 Å². The molecule has 0 fully saturated rings. The minimum Gasteiger partial charge on any atom is -0.444 e. The Kier molecular flexibility index (Phi) is 3.77. The van der Waals surface area contributed by atoms with E-state index in [2.05, 4.69) is 20.6 Å². The number of ether oxygens (including phenoxy) is 1. The molecule has 1 heterocycles. The molecular formula is C9H15N5O3. The monoisotopic (exact) mass is 241 g/mol. The molecular weight excluding hydrogens is 226 g/mol. The van der Waals surface area contributed by atoms with E-state index in [-0.39, 0.29) is 5.82 Å². The lowest BCUT2D eigenvalue weighted by atomic mass is 10.2. The first-order valence-corrected chi connectivity index (χ1v) is 4.99. The highest BCUT2D eigenvalue weighted by Gasteiger charge is 2.28. The number of tetrazole rings is 1. The van der Waals surface area contributed by atoms with Crippen LogP contribution in [0.2, 0.25) is 0 Å². The van der Waals surface area contributed by atoms with Crippen molar-refractivity contribution in [3.63, 3.8) is 0 Å². The summed E-state index contributed by atoms with van der Waals surface area (Å²) in [5.41, 5.74) is -0.629. The Morgan fingerprint density at radius 3 is 2.59 bits per heavy atom. The van der Waals surface area contributed by atoms with E-state index in [1.807, 2.05) is 0 Å². The molecule has 0 aliphatic carbocycles. The third kappa shape index (κ3) is 3.51. The summed E-state index contributed by atoms with van der Waals surface area (Å²) in [5, 5.41) is 12.9. The number of nitrogens with one attached hydrogen (secondary N) is 1. The molecule has 1 unspecified atom stereocenters. The van der Waals surface area contributed by atoms with Crippen molar-refractivity contribution in [2.24, 2.45) is 0 Å². The van der Waals surface area contributed by atoms with E-state index < -0.39 is 17.7 Å². The Labute approximate surface area is 98.3 Å². The predicted molar refractivity (Wildman–Crippen MR) is 57.0 cm³/mol. The summed E-state index contributed by atoms with van der Waals surface area (Å²) in [5.74, 6) is 0.119. The first-order valence-electron chi connectivity index (χ1n) is 4.99. The van der Waals surface area contributed by atoms with E-state index in [1.165, 1.54) is 7.05 Å². The molecule has 0 aliphatic rings. The highest BCUT2D eigenvalue weighted by molar-refractivity contribution is 5.73. The Hall–Kier alpha value is -1.99. The topological polar surface area (TPSA) is 101 Å². The van der Waals surface area contributed by atoms with Crippen LogP contribution < -0.4 is 0 Å². The van der Waals surface area contributed by atoms with Crippen molar-refractivity contribution in [3.05, 3.63) is 5.82 Å². The SMILES string of the molecule is CN(C(=O)OC(C)(C)C)C(C=O)c1nn[nH]n1. The second-order valence-electron chi connectivity index (χ2n) is 4.44. The molecule has 1 amide bonds. The summed E-state index contributed by atoms with van der Waals surface area (Å²) in [6, 6.07) is -0.913. The number of hydrogen-bond acceptors (Lipinski definition) is 6. The van der Waals surface area contributed by atoms with Crippen molar-refractivity contribution in [3.8, 4) is 0 Å². The number of rotatable bonds is 3. The van der Waals surface area contributed by atoms with Crippen LogP contribution >= 0.6 is 0 Å². The molecule has 8 heteroatoms. The Bertz CT molecular complexity index is 384. The van der Waals surface area contributed by atoms with Gasteiger partial charge in [-0.05, 0) is 20.8 Å². The minimum absolute atomic E-state index is 0.119. The number of amides is 1. The van der Waals surface area contributed by atoms with Gasteiger partial charge in [-0.25, -0.2) is 4.79 Å². The first kappa shape index (κ1) is 13.1. The van der Waals surface area contributed by atoms with Gasteiger partial charge < -0.3 is 9.53 Å². The number of nitrogens with zero attached hydrogens (tertiary/aromatic N) is 4. The zero-order chi connectivity index (χ0) is 13.1. The van der Waals surface area contributed by atoms with Crippen LogP contribution in [0.1, 0.15) is 32.6 Å². The summed E-state index contributed by atoms with van der Waals surface area (Å²) < 4.78 is 5.12. The molecule has 0 saturated heterocycles. The van der Waals surface area contributed by atoms with E-state index >= 15 is 0 Å². The van der Waals surface area contributed by atoms with Crippen molar-refractivity contribution >= 4 is 12.4 Å². The predicted octanol–water partition coefficient (Wildman–Crippen LogP) is 0.307. The number of carbonyl (C=O) groups is 2. The zero-order valence-electron chi connectivity index (χ0n) is 10.2. The van der Waals surface area contributed by atoms with Crippen molar-refractivity contribution in [2.45, 2.75) is 32.4 Å². The number of aldehydes is 1. The molecule has 0 saturated carbocycles. The van der Waals surface area contributed by atoms with Gasteiger partial charge in [0.2, 0.25) is 5.82 Å². The molecule has 8 nitrogen and oxygen atoms in total. The van der Waals surface area contributed by atoms with E-state index in [9.17, 15) is 9.59 Å². The second kappa shape index (κ2) is 4.89. The van der Waals surface area contributed by atoms with E-state index in [0.717, 1.165) is 4.90 Å². The van der Waals surface area contributed by atoms with Crippen molar-refractivity contribution in [1.82, 2.24) is 25.5 Å². The third-order valence-corrected chi connectivity index (χ3v) is 1.85. The molecule has 17 heavy (non-hydrogen) atoms. The lowest BCUT2D eigenvalue weighted by Crippen LogP contribution is -2.37. The summed E-state index contributed by atoms with van der Waals surface area (Å²) in [4.78, 5) is 23.8. The summed E-state index contributed by atoms with van der Waals surface area (Å²) in [6.45, 7) is 5.22. The normalized spacial score (nSPS) is 12.9. The first-order chi connectivity index (χ1) is 7.85. The number of H-pyrrole nitrogens is 1. The average molecular weight is 241 g/mol. The number of aromatic amines is 1. The van der Waals surface area contributed by atoms with Crippen LogP contribution in [0.5, 0.6) is 0 Å². The van der Waals surface area contributed by atoms with Gasteiger partial charge in [0.05, 0.1) is 0 Å². The minimum atomic E-state index is -0.913. The molecule has 1 N–H and O–H groups in total. The summed E-state index contributed by atoms with van der Waals surface area (Å²) in [7, 11) is 1.43. The maximum absolute atomic E-state index is 11.7. The summed E-state index contributed by atoms with van der Waals surface area (Å²) >= 11 is 0. The van der Waals surface area contributed by atoms with Crippen LogP contribution in [0.15, 0.2) is 0 Å². The molecule has 0 bridgehead atoms. The maximum Gasteiger partial charge on any atom is 0.411 e. The molecule has 1 atom stereocenters. The third-order valence-electron chi connectivity index (χ3n) is 1.85. The molecule has 0 aromatic carbocycles. The van der Waals surface area contributed by atoms with Gasteiger partial charge in [0.25, 0.3) is 0 Å².